The van der Waals surface area contributed by atoms with Gasteiger partial charge in [0.15, 0.2) is 11.6 Å². The zero-order chi connectivity index (χ0) is 26.7. The molecule has 0 aliphatic carbocycles. The molecule has 0 fully saturated rings. The van der Waals surface area contributed by atoms with Gasteiger partial charge in [-0.25, -0.2) is 19.1 Å². The SMILES string of the molecule is C=C(C)OC(=O)c1cn2ncnc(N)c2c1-c1ccc(NC(=O)Nc2ccccc2OC(F)(F)F)cc1. The van der Waals surface area contributed by atoms with Crippen LogP contribution in [0.5, 0.6) is 5.75 Å². The molecule has 0 spiro atoms. The number of para-hydroxylation sites is 2. The van der Waals surface area contributed by atoms with Crippen LogP contribution in [0.4, 0.5) is 35.2 Å². The van der Waals surface area contributed by atoms with E-state index in [1.54, 1.807) is 12.1 Å². The van der Waals surface area contributed by atoms with Gasteiger partial charge in [-0.3, -0.25) is 0 Å². The Morgan fingerprint density at radius 2 is 1.78 bits per heavy atom. The number of hydrogen-bond acceptors (Lipinski definition) is 7. The van der Waals surface area contributed by atoms with Crippen LogP contribution in [0.15, 0.2) is 73.4 Å². The van der Waals surface area contributed by atoms with Crippen molar-refractivity contribution >= 4 is 34.7 Å². The molecule has 0 aliphatic rings. The van der Waals surface area contributed by atoms with Crippen LogP contribution >= 0.6 is 0 Å². The number of carbonyl (C=O) groups excluding carboxylic acids is 2. The Hall–Kier alpha value is -5.07. The number of aromatic nitrogens is 3. The number of nitrogens with zero attached hydrogens (tertiary/aromatic N) is 3. The van der Waals surface area contributed by atoms with E-state index in [-0.39, 0.29) is 22.8 Å². The Morgan fingerprint density at radius 1 is 1.08 bits per heavy atom. The topological polar surface area (TPSA) is 133 Å². The number of halogens is 3. The lowest BCUT2D eigenvalue weighted by Gasteiger charge is -2.14. The molecule has 2 heterocycles. The van der Waals surface area contributed by atoms with Crippen molar-refractivity contribution in [1.29, 1.82) is 0 Å². The smallest absolute Gasteiger partial charge is 0.428 e. The second-order valence-corrected chi connectivity index (χ2v) is 7.65. The second-order valence-electron chi connectivity index (χ2n) is 7.65. The number of nitrogen functional groups attached to an aromatic ring is 1. The summed E-state index contributed by atoms with van der Waals surface area (Å²) < 4.78 is 48.4. The number of urea groups is 1. The van der Waals surface area contributed by atoms with Crippen LogP contribution in [-0.2, 0) is 4.74 Å². The Kier molecular flexibility index (Phi) is 6.69. The first-order chi connectivity index (χ1) is 17.5. The summed E-state index contributed by atoms with van der Waals surface area (Å²) in [5.41, 5.74) is 7.65. The molecule has 2 aromatic heterocycles. The summed E-state index contributed by atoms with van der Waals surface area (Å²) in [7, 11) is 0. The second kappa shape index (κ2) is 9.89. The van der Waals surface area contributed by atoms with Gasteiger partial charge in [0.1, 0.15) is 11.8 Å². The number of esters is 1. The fourth-order valence-electron chi connectivity index (χ4n) is 3.48. The van der Waals surface area contributed by atoms with Gasteiger partial charge in [-0.15, -0.1) is 13.2 Å². The number of ether oxygens (including phenoxy) is 2. The third-order valence-electron chi connectivity index (χ3n) is 4.88. The molecule has 37 heavy (non-hydrogen) atoms. The molecule has 0 atom stereocenters. The average molecular weight is 512 g/mol. The number of nitrogens with two attached hydrogens (primary N) is 1. The van der Waals surface area contributed by atoms with Gasteiger partial charge in [0.05, 0.1) is 17.0 Å². The number of amides is 2. The Balaban J connectivity index is 1.58. The van der Waals surface area contributed by atoms with Gasteiger partial charge < -0.3 is 25.8 Å². The van der Waals surface area contributed by atoms with Gasteiger partial charge in [-0.2, -0.15) is 5.10 Å². The van der Waals surface area contributed by atoms with Gasteiger partial charge in [0.25, 0.3) is 0 Å². The van der Waals surface area contributed by atoms with E-state index in [4.69, 9.17) is 10.5 Å². The summed E-state index contributed by atoms with van der Waals surface area (Å²) >= 11 is 0. The van der Waals surface area contributed by atoms with Crippen LogP contribution < -0.4 is 21.1 Å². The molecule has 4 rings (SSSR count). The molecule has 190 valence electrons. The molecule has 0 bridgehead atoms. The Labute approximate surface area is 207 Å². The van der Waals surface area contributed by atoms with E-state index in [9.17, 15) is 22.8 Å². The number of rotatable bonds is 6. The summed E-state index contributed by atoms with van der Waals surface area (Å²) in [6.07, 6.45) is -2.23. The first-order valence-electron chi connectivity index (χ1n) is 10.5. The third kappa shape index (κ3) is 5.78. The van der Waals surface area contributed by atoms with Gasteiger partial charge in [-0.05, 0) is 36.8 Å². The van der Waals surface area contributed by atoms with E-state index in [1.165, 1.54) is 54.3 Å². The van der Waals surface area contributed by atoms with Crippen LogP contribution in [-0.4, -0.2) is 33.0 Å². The summed E-state index contributed by atoms with van der Waals surface area (Å²) in [5.74, 6) is -0.914. The van der Waals surface area contributed by atoms with Crippen LogP contribution in [0, 0.1) is 0 Å². The normalized spacial score (nSPS) is 11.1. The average Bonchev–Trinajstić information content (AvgIpc) is 3.21. The molecular weight excluding hydrogens is 493 g/mol. The third-order valence-corrected chi connectivity index (χ3v) is 4.88. The van der Waals surface area contributed by atoms with Crippen molar-refractivity contribution in [2.45, 2.75) is 13.3 Å². The van der Waals surface area contributed by atoms with Crippen molar-refractivity contribution in [3.63, 3.8) is 0 Å². The minimum absolute atomic E-state index is 0.126. The summed E-state index contributed by atoms with van der Waals surface area (Å²) in [4.78, 5) is 29.1. The van der Waals surface area contributed by atoms with Crippen molar-refractivity contribution in [2.24, 2.45) is 0 Å². The van der Waals surface area contributed by atoms with Gasteiger partial charge in [-0.1, -0.05) is 30.8 Å². The Morgan fingerprint density at radius 3 is 2.46 bits per heavy atom. The van der Waals surface area contributed by atoms with E-state index in [0.29, 0.717) is 22.3 Å². The number of carbonyl (C=O) groups is 2. The zero-order valence-electron chi connectivity index (χ0n) is 19.2. The van der Waals surface area contributed by atoms with Gasteiger partial charge in [0.2, 0.25) is 0 Å². The predicted octanol–water partition coefficient (Wildman–Crippen LogP) is 5.21. The van der Waals surface area contributed by atoms with E-state index >= 15 is 0 Å². The molecule has 2 amide bonds. The number of allylic oxidation sites excluding steroid dienone is 1. The molecule has 13 heteroatoms. The molecule has 4 aromatic rings. The fraction of sp³-hybridized carbons (Fsp3) is 0.0833. The Bertz CT molecular complexity index is 1500. The highest BCUT2D eigenvalue weighted by Gasteiger charge is 2.32. The summed E-state index contributed by atoms with van der Waals surface area (Å²) in [6.45, 7) is 5.10. The molecular formula is C24H19F3N6O4. The van der Waals surface area contributed by atoms with E-state index in [2.05, 4.69) is 32.0 Å². The molecule has 10 nitrogen and oxygen atoms in total. The van der Waals surface area contributed by atoms with Crippen molar-refractivity contribution < 1.29 is 32.2 Å². The fourth-order valence-corrected chi connectivity index (χ4v) is 3.48. The summed E-state index contributed by atoms with van der Waals surface area (Å²) in [5, 5.41) is 8.92. The largest absolute Gasteiger partial charge is 0.573 e. The van der Waals surface area contributed by atoms with Gasteiger partial charge in [0, 0.05) is 17.4 Å². The summed E-state index contributed by atoms with van der Waals surface area (Å²) in [6, 6.07) is 10.6. The first-order valence-corrected chi connectivity index (χ1v) is 10.5. The number of alkyl halides is 3. The van der Waals surface area contributed by atoms with Crippen molar-refractivity contribution in [3.8, 4) is 16.9 Å². The number of nitrogens with one attached hydrogen (secondary N) is 2. The zero-order valence-corrected chi connectivity index (χ0v) is 19.2. The molecule has 0 unspecified atom stereocenters. The minimum Gasteiger partial charge on any atom is -0.428 e. The number of fused-ring (bicyclic) bond motifs is 1. The minimum atomic E-state index is -4.92. The number of anilines is 3. The quantitative estimate of drug-likeness (QED) is 0.239. The molecule has 0 saturated carbocycles. The lowest BCUT2D eigenvalue weighted by atomic mass is 10.0. The first kappa shape index (κ1) is 25.0. The van der Waals surface area contributed by atoms with Crippen molar-refractivity contribution in [1.82, 2.24) is 14.6 Å². The van der Waals surface area contributed by atoms with Crippen LogP contribution in [0.3, 0.4) is 0 Å². The van der Waals surface area contributed by atoms with Gasteiger partial charge >= 0.3 is 18.4 Å². The van der Waals surface area contributed by atoms with Crippen LogP contribution in [0.1, 0.15) is 17.3 Å². The number of benzene rings is 2. The number of hydrogen-bond donors (Lipinski definition) is 3. The van der Waals surface area contributed by atoms with E-state index in [1.807, 2.05) is 0 Å². The van der Waals surface area contributed by atoms with Crippen LogP contribution in [0.25, 0.3) is 16.6 Å². The molecule has 0 aliphatic heterocycles. The maximum absolute atomic E-state index is 12.7. The standard InChI is InChI=1S/C24H19F3N6O4/c1-13(2)36-22(34)16-11-33-20(21(28)29-12-30-33)19(16)14-7-9-15(10-8-14)31-23(35)32-17-5-3-4-6-18(17)37-24(25,26)27/h3-12H,1H2,2H3,(H2,28,29,30)(H2,31,32,35). The highest BCUT2D eigenvalue weighted by molar-refractivity contribution is 6.05. The van der Waals surface area contributed by atoms with Crippen molar-refractivity contribution in [3.05, 3.63) is 79.0 Å². The highest BCUT2D eigenvalue weighted by atomic mass is 19.4. The molecule has 0 radical (unpaired) electrons. The molecule has 2 aromatic carbocycles. The highest BCUT2D eigenvalue weighted by Crippen LogP contribution is 2.34. The lowest BCUT2D eigenvalue weighted by molar-refractivity contribution is -0.274. The monoisotopic (exact) mass is 512 g/mol. The van der Waals surface area contributed by atoms with E-state index in [0.717, 1.165) is 6.07 Å². The predicted molar refractivity (Wildman–Crippen MR) is 129 cm³/mol. The maximum Gasteiger partial charge on any atom is 0.573 e. The lowest BCUT2D eigenvalue weighted by Crippen LogP contribution is -2.22. The molecule has 4 N–H and O–H groups in total. The molecule has 0 saturated heterocycles. The maximum atomic E-state index is 12.7. The van der Waals surface area contributed by atoms with Crippen molar-refractivity contribution in [2.75, 3.05) is 16.4 Å². The van der Waals surface area contributed by atoms with E-state index < -0.39 is 24.1 Å². The van der Waals surface area contributed by atoms with Crippen LogP contribution in [0.2, 0.25) is 0 Å².